The van der Waals surface area contributed by atoms with Crippen molar-refractivity contribution in [1.29, 1.82) is 0 Å². The number of anilines is 2. The average Bonchev–Trinajstić information content (AvgIpc) is 3.05. The zero-order valence-corrected chi connectivity index (χ0v) is 29.5. The molecule has 5 atom stereocenters. The van der Waals surface area contributed by atoms with Gasteiger partial charge >= 0.3 is 0 Å². The smallest absolute Gasteiger partial charge is 0.261 e. The van der Waals surface area contributed by atoms with E-state index in [1.165, 1.54) is 18.9 Å². The fraction of sp³-hybridized carbons (Fsp3) is 0.457. The molecule has 2 aliphatic heterocycles. The van der Waals surface area contributed by atoms with Gasteiger partial charge < -0.3 is 39.1 Å². The molecular formula is C35H46N2O7SSi. The summed E-state index contributed by atoms with van der Waals surface area (Å²) in [5.74, 6) is -2.26. The van der Waals surface area contributed by atoms with Crippen LogP contribution >= 0.6 is 11.8 Å². The van der Waals surface area contributed by atoms with Crippen LogP contribution in [0, 0.1) is 0 Å². The summed E-state index contributed by atoms with van der Waals surface area (Å²) in [4.78, 5) is 12.9. The monoisotopic (exact) mass is 666 g/mol. The fourth-order valence-corrected chi connectivity index (χ4v) is 11.7. The Bertz CT molecular complexity index is 1450. The first-order valence-electron chi connectivity index (χ1n) is 15.6. The predicted octanol–water partition coefficient (Wildman–Crippen LogP) is 4.59. The van der Waals surface area contributed by atoms with E-state index in [0.717, 1.165) is 26.6 Å². The number of ether oxygens (including phenoxy) is 4. The summed E-state index contributed by atoms with van der Waals surface area (Å²) in [6.07, 6.45) is -2.58. The molecule has 0 unspecified atom stereocenters. The van der Waals surface area contributed by atoms with Gasteiger partial charge in [0, 0.05) is 31.3 Å². The molecule has 0 spiro atoms. The second-order valence-corrected chi connectivity index (χ2v) is 18.3. The minimum Gasteiger partial charge on any atom is -0.405 e. The van der Waals surface area contributed by atoms with Gasteiger partial charge in [0.15, 0.2) is 0 Å². The molecule has 2 heterocycles. The van der Waals surface area contributed by atoms with E-state index in [4.69, 9.17) is 23.4 Å². The zero-order chi connectivity index (χ0) is 33.2. The lowest BCUT2D eigenvalue weighted by Crippen LogP contribution is -2.70. The van der Waals surface area contributed by atoms with Gasteiger partial charge in [-0.05, 0) is 47.5 Å². The number of aliphatic hydroxyl groups is 1. The van der Waals surface area contributed by atoms with Crippen LogP contribution in [0.25, 0.3) is 0 Å². The van der Waals surface area contributed by atoms with Crippen molar-refractivity contribution in [1.82, 2.24) is 0 Å². The van der Waals surface area contributed by atoms with Crippen molar-refractivity contribution in [2.75, 3.05) is 43.8 Å². The fourth-order valence-electron chi connectivity index (χ4n) is 6.33. The average molecular weight is 667 g/mol. The van der Waals surface area contributed by atoms with Crippen molar-refractivity contribution in [3.05, 3.63) is 78.9 Å². The molecular weight excluding hydrogens is 621 g/mol. The summed E-state index contributed by atoms with van der Waals surface area (Å²) in [7, 11) is 0.146. The Morgan fingerprint density at radius 2 is 1.57 bits per heavy atom. The molecule has 1 amide bonds. The van der Waals surface area contributed by atoms with Crippen LogP contribution in [0.15, 0.2) is 83.8 Å². The minimum atomic E-state index is -2.93. The number of thioether (sulfide) groups is 1. The molecule has 0 bridgehead atoms. The van der Waals surface area contributed by atoms with E-state index in [1.54, 1.807) is 21.0 Å². The summed E-state index contributed by atoms with van der Waals surface area (Å²) in [5.41, 5.74) is 1.51. The number of hydrogen-bond acceptors (Lipinski definition) is 9. The lowest BCUT2D eigenvalue weighted by Gasteiger charge is -2.53. The molecule has 0 radical (unpaired) electrons. The number of aliphatic hydroxyl groups excluding tert-OH is 1. The van der Waals surface area contributed by atoms with Crippen molar-refractivity contribution in [3.8, 4) is 0 Å². The third-order valence-electron chi connectivity index (χ3n) is 9.10. The summed E-state index contributed by atoms with van der Waals surface area (Å²) in [6, 6.07) is 26.5. The van der Waals surface area contributed by atoms with Gasteiger partial charge in [0.25, 0.3) is 8.32 Å². The van der Waals surface area contributed by atoms with Gasteiger partial charge in [-0.15, -0.1) is 11.8 Å². The van der Waals surface area contributed by atoms with Gasteiger partial charge in [0.1, 0.15) is 18.3 Å². The molecule has 0 aromatic heterocycles. The highest BCUT2D eigenvalue weighted by molar-refractivity contribution is 8.00. The van der Waals surface area contributed by atoms with Crippen LogP contribution in [0.2, 0.25) is 5.04 Å². The zero-order valence-electron chi connectivity index (χ0n) is 27.7. The Balaban J connectivity index is 1.45. The number of fused-ring (bicyclic) bond motifs is 1. The van der Waals surface area contributed by atoms with E-state index in [1.807, 2.05) is 54.6 Å². The van der Waals surface area contributed by atoms with E-state index in [-0.39, 0.29) is 24.1 Å². The van der Waals surface area contributed by atoms with Gasteiger partial charge in [-0.3, -0.25) is 4.79 Å². The number of amides is 1. The van der Waals surface area contributed by atoms with E-state index >= 15 is 0 Å². The van der Waals surface area contributed by atoms with Crippen molar-refractivity contribution in [2.24, 2.45) is 0 Å². The maximum Gasteiger partial charge on any atom is 0.261 e. The normalized spacial score (nSPS) is 25.8. The van der Waals surface area contributed by atoms with Crippen LogP contribution < -0.4 is 21.0 Å². The van der Waals surface area contributed by atoms with Gasteiger partial charge in [0.05, 0.1) is 18.0 Å². The van der Waals surface area contributed by atoms with E-state index in [9.17, 15) is 9.90 Å². The summed E-state index contributed by atoms with van der Waals surface area (Å²) >= 11 is 1.50. The Hall–Kier alpha value is -2.74. The third kappa shape index (κ3) is 6.65. The first-order valence-corrected chi connectivity index (χ1v) is 18.4. The molecule has 5 rings (SSSR count). The second kappa shape index (κ2) is 13.8. The van der Waals surface area contributed by atoms with Crippen LogP contribution in [0.1, 0.15) is 34.6 Å². The summed E-state index contributed by atoms with van der Waals surface area (Å²) in [5, 5.41) is 19.9. The standard InChI is InChI=1S/C35H46N2O7SSi/c1-33(2,3)46(25-14-10-8-11-15-25,26-16-12-9-13-17-26)42-22-29-32(44-35(5,41-7)34(4,40-6)43-29)28(38)21-36-24-18-19-30-27(20-24)37-31(39)23-45-30/h8-20,28-29,32,36,38H,21-23H2,1-7H3,(H,37,39)/t28-,29-,32-,34+,35+/m0/s1. The largest absolute Gasteiger partial charge is 0.405 e. The minimum absolute atomic E-state index is 0.0359. The molecule has 3 N–H and O–H groups in total. The molecule has 0 aliphatic carbocycles. The molecule has 248 valence electrons. The van der Waals surface area contributed by atoms with Crippen molar-refractivity contribution in [2.45, 2.75) is 74.4 Å². The number of methoxy groups -OCH3 is 2. The first kappa shape index (κ1) is 34.6. The Kier molecular flexibility index (Phi) is 10.4. The van der Waals surface area contributed by atoms with Crippen LogP contribution in [-0.2, 0) is 28.2 Å². The van der Waals surface area contributed by atoms with Gasteiger partial charge in [-0.2, -0.15) is 0 Å². The number of benzene rings is 3. The van der Waals surface area contributed by atoms with Crippen LogP contribution in [0.5, 0.6) is 0 Å². The van der Waals surface area contributed by atoms with E-state index < -0.39 is 38.2 Å². The van der Waals surface area contributed by atoms with Gasteiger partial charge in [0.2, 0.25) is 17.5 Å². The molecule has 3 aromatic carbocycles. The summed E-state index contributed by atoms with van der Waals surface area (Å²) < 4.78 is 32.1. The van der Waals surface area contributed by atoms with Crippen molar-refractivity contribution < 1.29 is 33.3 Å². The SMILES string of the molecule is CO[C@]1(C)O[C@@H]([C@@H](O)CNc2ccc3c(c2)NC(=O)CS3)[C@H](CO[Si](c2ccccc2)(c2ccccc2)C(C)(C)C)O[C@@]1(C)OC. The number of carbonyl (C=O) groups excluding carboxylic acids is 1. The number of nitrogens with one attached hydrogen (secondary N) is 2. The highest BCUT2D eigenvalue weighted by atomic mass is 32.2. The van der Waals surface area contributed by atoms with Crippen LogP contribution in [0.4, 0.5) is 11.4 Å². The molecule has 0 saturated carbocycles. The maximum absolute atomic E-state index is 11.9. The predicted molar refractivity (Wildman–Crippen MR) is 184 cm³/mol. The lowest BCUT2D eigenvalue weighted by atomic mass is 10.0. The molecule has 9 nitrogen and oxygen atoms in total. The first-order chi connectivity index (χ1) is 21.9. The molecule has 46 heavy (non-hydrogen) atoms. The molecule has 3 aromatic rings. The maximum atomic E-state index is 11.9. The highest BCUT2D eigenvalue weighted by Crippen LogP contribution is 2.42. The quantitative estimate of drug-likeness (QED) is 0.254. The Morgan fingerprint density at radius 3 is 2.13 bits per heavy atom. The Morgan fingerprint density at radius 1 is 0.978 bits per heavy atom. The van der Waals surface area contributed by atoms with Crippen LogP contribution in [-0.4, -0.2) is 82.3 Å². The molecule has 1 fully saturated rings. The lowest BCUT2D eigenvalue weighted by molar-refractivity contribution is -0.454. The second-order valence-electron chi connectivity index (χ2n) is 13.0. The third-order valence-corrected chi connectivity index (χ3v) is 15.2. The molecule has 11 heteroatoms. The molecule has 1 saturated heterocycles. The van der Waals surface area contributed by atoms with Crippen LogP contribution in [0.3, 0.4) is 0 Å². The number of hydrogen-bond donors (Lipinski definition) is 3. The van der Waals surface area contributed by atoms with Crippen molar-refractivity contribution in [3.63, 3.8) is 0 Å². The molecule has 2 aliphatic rings. The van der Waals surface area contributed by atoms with E-state index in [2.05, 4.69) is 55.7 Å². The Labute approximate surface area is 277 Å². The number of carbonyl (C=O) groups is 1. The summed E-state index contributed by atoms with van der Waals surface area (Å²) in [6.45, 7) is 10.4. The number of rotatable bonds is 11. The van der Waals surface area contributed by atoms with Gasteiger partial charge in [-0.1, -0.05) is 81.4 Å². The van der Waals surface area contributed by atoms with Crippen molar-refractivity contribution >= 4 is 47.7 Å². The van der Waals surface area contributed by atoms with Gasteiger partial charge in [-0.25, -0.2) is 0 Å². The van der Waals surface area contributed by atoms with E-state index in [0.29, 0.717) is 5.75 Å². The topological polar surface area (TPSA) is 108 Å². The highest BCUT2D eigenvalue weighted by Gasteiger charge is 2.59.